The molecule has 0 heterocycles. The number of hydrogen-bond donors (Lipinski definition) is 0. The lowest BCUT2D eigenvalue weighted by atomic mass is 10.2. The molecule has 0 aromatic heterocycles. The highest BCUT2D eigenvalue weighted by Gasteiger charge is 2.29. The van der Waals surface area contributed by atoms with Crippen LogP contribution in [0.5, 0.6) is 5.75 Å². The second-order valence-corrected chi connectivity index (χ2v) is 8.97. The molecule has 1 aromatic carbocycles. The predicted molar refractivity (Wildman–Crippen MR) is 71.6 cm³/mol. The van der Waals surface area contributed by atoms with E-state index in [1.54, 1.807) is 12.1 Å². The number of rotatable bonds is 3. The highest BCUT2D eigenvalue weighted by Crippen LogP contribution is 2.53. The van der Waals surface area contributed by atoms with Crippen LogP contribution >= 0.6 is 10.3 Å². The minimum atomic E-state index is -1.16. The third-order valence-electron chi connectivity index (χ3n) is 2.80. The molecular formula is C13H20O2S. The molecule has 90 valence electrons. The van der Waals surface area contributed by atoms with Gasteiger partial charge in [0.2, 0.25) is 0 Å². The molecule has 0 fully saturated rings. The highest BCUT2D eigenvalue weighted by atomic mass is 32.3. The van der Waals surface area contributed by atoms with Crippen LogP contribution in [0.4, 0.5) is 0 Å². The maximum atomic E-state index is 10.5. The van der Waals surface area contributed by atoms with Crippen molar-refractivity contribution in [1.29, 1.82) is 0 Å². The Labute approximate surface area is 99.5 Å². The van der Waals surface area contributed by atoms with E-state index in [0.29, 0.717) is 5.56 Å². The van der Waals surface area contributed by atoms with Gasteiger partial charge in [-0.25, -0.2) is 0 Å². The molecule has 3 heteroatoms. The lowest BCUT2D eigenvalue weighted by molar-refractivity contribution is 0.112. The summed E-state index contributed by atoms with van der Waals surface area (Å²) in [5.41, 5.74) is 0.677. The van der Waals surface area contributed by atoms with Crippen molar-refractivity contribution in [1.82, 2.24) is 0 Å². The zero-order valence-corrected chi connectivity index (χ0v) is 11.4. The Morgan fingerprint density at radius 3 is 2.00 bits per heavy atom. The minimum Gasteiger partial charge on any atom is -0.449 e. The van der Waals surface area contributed by atoms with E-state index in [1.165, 1.54) is 0 Å². The largest absolute Gasteiger partial charge is 0.449 e. The molecule has 0 amide bonds. The van der Waals surface area contributed by atoms with Crippen molar-refractivity contribution in [3.05, 3.63) is 29.8 Å². The summed E-state index contributed by atoms with van der Waals surface area (Å²) in [6, 6.07) is 7.26. The Hall–Kier alpha value is -0.960. The van der Waals surface area contributed by atoms with Gasteiger partial charge in [-0.3, -0.25) is 4.79 Å². The molecule has 0 saturated carbocycles. The highest BCUT2D eigenvalue weighted by molar-refractivity contribution is 8.30. The van der Waals surface area contributed by atoms with Crippen LogP contribution < -0.4 is 4.18 Å². The fourth-order valence-corrected chi connectivity index (χ4v) is 1.81. The Balaban J connectivity index is 2.84. The second kappa shape index (κ2) is 4.50. The van der Waals surface area contributed by atoms with Gasteiger partial charge in [0.05, 0.1) is 0 Å². The molecule has 2 nitrogen and oxygen atoms in total. The monoisotopic (exact) mass is 240 g/mol. The van der Waals surface area contributed by atoms with Gasteiger partial charge in [-0.05, 0) is 57.5 Å². The summed E-state index contributed by atoms with van der Waals surface area (Å²) in [6.45, 7) is 6.55. The molecule has 0 aliphatic rings. The van der Waals surface area contributed by atoms with E-state index >= 15 is 0 Å². The van der Waals surface area contributed by atoms with Gasteiger partial charge in [0, 0.05) is 10.3 Å². The van der Waals surface area contributed by atoms with E-state index in [2.05, 4.69) is 33.3 Å². The normalized spacial score (nSPS) is 13.3. The average molecular weight is 240 g/mol. The Morgan fingerprint density at radius 2 is 1.62 bits per heavy atom. The molecule has 0 bridgehead atoms. The van der Waals surface area contributed by atoms with Crippen molar-refractivity contribution in [2.75, 3.05) is 12.5 Å². The standard InChI is InChI=1S/C13H20O2S/c1-13(2,3)16(4,5)15-12-8-6-11(10-14)7-9-12/h6-10H,1-5H3. The second-order valence-electron chi connectivity index (χ2n) is 5.12. The summed E-state index contributed by atoms with van der Waals surface area (Å²) >= 11 is 0. The summed E-state index contributed by atoms with van der Waals surface area (Å²) in [7, 11) is -1.16. The fraction of sp³-hybridized carbons (Fsp3) is 0.462. The first-order valence-corrected chi connectivity index (χ1v) is 7.61. The molecule has 0 aliphatic carbocycles. The van der Waals surface area contributed by atoms with Gasteiger partial charge in [0.25, 0.3) is 0 Å². The van der Waals surface area contributed by atoms with Gasteiger partial charge in [0.15, 0.2) is 0 Å². The fourth-order valence-electron chi connectivity index (χ4n) is 0.968. The van der Waals surface area contributed by atoms with Gasteiger partial charge in [-0.1, -0.05) is 10.3 Å². The summed E-state index contributed by atoms with van der Waals surface area (Å²) in [5.74, 6) is 0.834. The molecule has 0 saturated heterocycles. The first-order valence-electron chi connectivity index (χ1n) is 5.24. The van der Waals surface area contributed by atoms with Crippen molar-refractivity contribution in [2.24, 2.45) is 0 Å². The number of carbonyl (C=O) groups is 1. The van der Waals surface area contributed by atoms with Gasteiger partial charge < -0.3 is 4.18 Å². The number of hydrogen-bond acceptors (Lipinski definition) is 2. The summed E-state index contributed by atoms with van der Waals surface area (Å²) in [4.78, 5) is 10.5. The molecule has 0 aliphatic heterocycles. The lowest BCUT2D eigenvalue weighted by Gasteiger charge is -2.43. The minimum absolute atomic E-state index is 0.135. The Bertz CT molecular complexity index is 361. The zero-order valence-electron chi connectivity index (χ0n) is 10.6. The van der Waals surface area contributed by atoms with Crippen molar-refractivity contribution >= 4 is 16.6 Å². The van der Waals surface area contributed by atoms with Gasteiger partial charge in [-0.15, -0.1) is 0 Å². The molecule has 0 atom stereocenters. The van der Waals surface area contributed by atoms with Gasteiger partial charge >= 0.3 is 0 Å². The summed E-state index contributed by atoms with van der Waals surface area (Å²) < 4.78 is 6.17. The van der Waals surface area contributed by atoms with Crippen molar-refractivity contribution in [3.8, 4) is 5.75 Å². The molecular weight excluding hydrogens is 220 g/mol. The Kier molecular flexibility index (Phi) is 3.68. The third-order valence-corrected chi connectivity index (χ3v) is 6.35. The van der Waals surface area contributed by atoms with Crippen LogP contribution in [0.3, 0.4) is 0 Å². The molecule has 1 aromatic rings. The molecule has 0 N–H and O–H groups in total. The quantitative estimate of drug-likeness (QED) is 0.754. The first-order chi connectivity index (χ1) is 7.26. The van der Waals surface area contributed by atoms with E-state index in [1.807, 2.05) is 12.1 Å². The number of aldehydes is 1. The first kappa shape index (κ1) is 13.1. The van der Waals surface area contributed by atoms with Crippen LogP contribution in [-0.2, 0) is 0 Å². The van der Waals surface area contributed by atoms with E-state index < -0.39 is 10.3 Å². The van der Waals surface area contributed by atoms with E-state index in [9.17, 15) is 4.79 Å². The maximum absolute atomic E-state index is 10.5. The topological polar surface area (TPSA) is 26.3 Å². The van der Waals surface area contributed by atoms with Crippen molar-refractivity contribution in [2.45, 2.75) is 25.5 Å². The van der Waals surface area contributed by atoms with E-state index in [4.69, 9.17) is 4.18 Å². The number of benzene rings is 1. The van der Waals surface area contributed by atoms with Crippen LogP contribution in [0.1, 0.15) is 31.1 Å². The SMILES string of the molecule is CC(C)(C)S(C)(C)Oc1ccc(C=O)cc1. The summed E-state index contributed by atoms with van der Waals surface area (Å²) in [5, 5.41) is 0. The van der Waals surface area contributed by atoms with Crippen LogP contribution in [0, 0.1) is 0 Å². The third kappa shape index (κ3) is 3.01. The van der Waals surface area contributed by atoms with Crippen LogP contribution in [-0.4, -0.2) is 23.5 Å². The molecule has 0 spiro atoms. The number of carbonyl (C=O) groups excluding carboxylic acids is 1. The van der Waals surface area contributed by atoms with Gasteiger partial charge in [0.1, 0.15) is 12.0 Å². The van der Waals surface area contributed by atoms with Crippen molar-refractivity contribution < 1.29 is 8.98 Å². The van der Waals surface area contributed by atoms with Crippen LogP contribution in [0.15, 0.2) is 24.3 Å². The summed E-state index contributed by atoms with van der Waals surface area (Å²) in [6.07, 6.45) is 5.15. The maximum Gasteiger partial charge on any atom is 0.150 e. The lowest BCUT2D eigenvalue weighted by Crippen LogP contribution is -2.27. The van der Waals surface area contributed by atoms with E-state index in [0.717, 1.165) is 12.0 Å². The smallest absolute Gasteiger partial charge is 0.150 e. The molecule has 0 radical (unpaired) electrons. The van der Waals surface area contributed by atoms with Crippen LogP contribution in [0.25, 0.3) is 0 Å². The molecule has 1 rings (SSSR count). The van der Waals surface area contributed by atoms with Crippen molar-refractivity contribution in [3.63, 3.8) is 0 Å². The van der Waals surface area contributed by atoms with E-state index in [-0.39, 0.29) is 4.75 Å². The molecule has 0 unspecified atom stereocenters. The Morgan fingerprint density at radius 1 is 1.12 bits per heavy atom. The molecule has 16 heavy (non-hydrogen) atoms. The van der Waals surface area contributed by atoms with Gasteiger partial charge in [-0.2, -0.15) is 0 Å². The predicted octanol–water partition coefficient (Wildman–Crippen LogP) is 3.66. The van der Waals surface area contributed by atoms with Crippen LogP contribution in [0.2, 0.25) is 0 Å². The average Bonchev–Trinajstić information content (AvgIpc) is 2.16. The zero-order chi connectivity index (χ0) is 12.4.